The van der Waals surface area contributed by atoms with Crippen LogP contribution in [0, 0.1) is 0 Å². The normalized spacial score (nSPS) is 10.1. The van der Waals surface area contributed by atoms with Crippen molar-refractivity contribution in [2.24, 2.45) is 0 Å². The van der Waals surface area contributed by atoms with E-state index < -0.39 is 6.09 Å². The van der Waals surface area contributed by atoms with Crippen LogP contribution in [0.4, 0.5) is 21.9 Å². The monoisotopic (exact) mass is 355 g/mol. The fourth-order valence-electron chi connectivity index (χ4n) is 2.57. The Morgan fingerprint density at radius 2 is 1.50 bits per heavy atom. The molecule has 0 fully saturated rings. The van der Waals surface area contributed by atoms with Crippen LogP contribution in [0.2, 0.25) is 0 Å². The lowest BCUT2D eigenvalue weighted by molar-refractivity contribution is 0.102. The summed E-state index contributed by atoms with van der Waals surface area (Å²) in [5.74, 6) is -0.177. The van der Waals surface area contributed by atoms with Crippen molar-refractivity contribution in [3.63, 3.8) is 0 Å². The maximum Gasteiger partial charge on any atom is 0.411 e. The van der Waals surface area contributed by atoms with E-state index in [0.29, 0.717) is 16.9 Å². The second-order valence-corrected chi connectivity index (χ2v) is 5.77. The highest BCUT2D eigenvalue weighted by atomic mass is 16.5. The van der Waals surface area contributed by atoms with E-state index in [2.05, 4.69) is 34.1 Å². The number of hydrogen-bond acceptors (Lipinski definition) is 4. The summed E-state index contributed by atoms with van der Waals surface area (Å²) in [5, 5.41) is 5.40. The van der Waals surface area contributed by atoms with Crippen LogP contribution < -0.4 is 15.5 Å². The summed E-state index contributed by atoms with van der Waals surface area (Å²) in [6, 6.07) is 14.4. The zero-order valence-electron chi connectivity index (χ0n) is 15.4. The Morgan fingerprint density at radius 1 is 0.923 bits per heavy atom. The van der Waals surface area contributed by atoms with E-state index in [-0.39, 0.29) is 5.91 Å². The Labute approximate surface area is 154 Å². The van der Waals surface area contributed by atoms with Crippen LogP contribution in [0.3, 0.4) is 0 Å². The van der Waals surface area contributed by atoms with E-state index in [1.165, 1.54) is 7.11 Å². The molecule has 138 valence electrons. The third-order valence-corrected chi connectivity index (χ3v) is 3.94. The van der Waals surface area contributed by atoms with Crippen molar-refractivity contribution in [3.8, 4) is 0 Å². The summed E-state index contributed by atoms with van der Waals surface area (Å²) < 4.78 is 4.53. The van der Waals surface area contributed by atoms with Gasteiger partial charge in [-0.2, -0.15) is 0 Å². The number of anilines is 3. The molecule has 0 aromatic heterocycles. The molecule has 2 aromatic carbocycles. The SMILES string of the molecule is CCCN(CC)c1ccc(C(=O)Nc2ccc(NC(=O)OC)cc2)cc1. The molecule has 6 heteroatoms. The highest BCUT2D eigenvalue weighted by Crippen LogP contribution is 2.18. The van der Waals surface area contributed by atoms with Gasteiger partial charge in [0.2, 0.25) is 0 Å². The number of nitrogens with one attached hydrogen (secondary N) is 2. The molecule has 26 heavy (non-hydrogen) atoms. The Balaban J connectivity index is 2.00. The zero-order valence-corrected chi connectivity index (χ0v) is 15.4. The molecule has 0 radical (unpaired) electrons. The number of rotatable bonds is 7. The van der Waals surface area contributed by atoms with E-state index in [4.69, 9.17) is 0 Å². The van der Waals surface area contributed by atoms with E-state index >= 15 is 0 Å². The number of carbonyl (C=O) groups excluding carboxylic acids is 2. The van der Waals surface area contributed by atoms with Crippen LogP contribution in [-0.4, -0.2) is 32.2 Å². The van der Waals surface area contributed by atoms with Crippen molar-refractivity contribution in [2.75, 3.05) is 35.7 Å². The summed E-state index contributed by atoms with van der Waals surface area (Å²) >= 11 is 0. The lowest BCUT2D eigenvalue weighted by Crippen LogP contribution is -2.23. The van der Waals surface area contributed by atoms with Crippen LogP contribution in [0.5, 0.6) is 0 Å². The quantitative estimate of drug-likeness (QED) is 0.774. The van der Waals surface area contributed by atoms with Crippen LogP contribution in [0.15, 0.2) is 48.5 Å². The lowest BCUT2D eigenvalue weighted by atomic mass is 10.1. The first-order chi connectivity index (χ1) is 12.6. The minimum absolute atomic E-state index is 0.177. The van der Waals surface area contributed by atoms with Crippen molar-refractivity contribution < 1.29 is 14.3 Å². The van der Waals surface area contributed by atoms with Gasteiger partial charge in [0.1, 0.15) is 0 Å². The molecule has 2 rings (SSSR count). The Hall–Kier alpha value is -3.02. The third kappa shape index (κ3) is 5.24. The fourth-order valence-corrected chi connectivity index (χ4v) is 2.57. The van der Waals surface area contributed by atoms with E-state index in [9.17, 15) is 9.59 Å². The minimum atomic E-state index is -0.536. The fraction of sp³-hybridized carbons (Fsp3) is 0.300. The van der Waals surface area contributed by atoms with Gasteiger partial charge in [0, 0.05) is 35.7 Å². The highest BCUT2D eigenvalue weighted by Gasteiger charge is 2.08. The highest BCUT2D eigenvalue weighted by molar-refractivity contribution is 6.04. The summed E-state index contributed by atoms with van der Waals surface area (Å²) in [7, 11) is 1.30. The van der Waals surface area contributed by atoms with Gasteiger partial charge in [-0.15, -0.1) is 0 Å². The molecule has 0 aliphatic rings. The Bertz CT molecular complexity index is 727. The Kier molecular flexibility index (Phi) is 7.02. The summed E-state index contributed by atoms with van der Waals surface area (Å²) in [5.41, 5.74) is 2.95. The second kappa shape index (κ2) is 9.46. The van der Waals surface area contributed by atoms with Gasteiger partial charge in [-0.25, -0.2) is 4.79 Å². The number of carbonyl (C=O) groups is 2. The molecule has 0 aliphatic carbocycles. The predicted octanol–water partition coefficient (Wildman–Crippen LogP) is 4.35. The molecule has 0 aliphatic heterocycles. The summed E-state index contributed by atoms with van der Waals surface area (Å²) in [4.78, 5) is 25.8. The van der Waals surface area contributed by atoms with Crippen molar-refractivity contribution >= 4 is 29.1 Å². The van der Waals surface area contributed by atoms with E-state index in [0.717, 1.165) is 25.2 Å². The van der Waals surface area contributed by atoms with Gasteiger partial charge < -0.3 is 15.0 Å². The molecule has 0 atom stereocenters. The first kappa shape index (κ1) is 19.3. The topological polar surface area (TPSA) is 70.7 Å². The van der Waals surface area contributed by atoms with Gasteiger partial charge in [-0.05, 0) is 61.9 Å². The molecule has 0 bridgehead atoms. The van der Waals surface area contributed by atoms with Gasteiger partial charge >= 0.3 is 6.09 Å². The van der Waals surface area contributed by atoms with Crippen LogP contribution in [0.25, 0.3) is 0 Å². The van der Waals surface area contributed by atoms with Crippen LogP contribution in [0.1, 0.15) is 30.6 Å². The predicted molar refractivity (Wildman–Crippen MR) is 105 cm³/mol. The molecular weight excluding hydrogens is 330 g/mol. The molecule has 6 nitrogen and oxygen atoms in total. The average Bonchev–Trinajstić information content (AvgIpc) is 2.67. The molecule has 2 amide bonds. The maximum absolute atomic E-state index is 12.4. The van der Waals surface area contributed by atoms with Crippen molar-refractivity contribution in [3.05, 3.63) is 54.1 Å². The van der Waals surface area contributed by atoms with Gasteiger partial charge in [-0.1, -0.05) is 6.92 Å². The minimum Gasteiger partial charge on any atom is -0.453 e. The average molecular weight is 355 g/mol. The van der Waals surface area contributed by atoms with Crippen LogP contribution >= 0.6 is 0 Å². The van der Waals surface area contributed by atoms with Gasteiger partial charge in [-0.3, -0.25) is 10.1 Å². The lowest BCUT2D eigenvalue weighted by Gasteiger charge is -2.22. The van der Waals surface area contributed by atoms with Gasteiger partial charge in [0.05, 0.1) is 7.11 Å². The number of methoxy groups -OCH3 is 1. The van der Waals surface area contributed by atoms with E-state index in [1.54, 1.807) is 24.3 Å². The second-order valence-electron chi connectivity index (χ2n) is 5.77. The van der Waals surface area contributed by atoms with Crippen LogP contribution in [-0.2, 0) is 4.74 Å². The van der Waals surface area contributed by atoms with Gasteiger partial charge in [0.25, 0.3) is 5.91 Å². The number of nitrogens with zero attached hydrogens (tertiary/aromatic N) is 1. The number of benzene rings is 2. The maximum atomic E-state index is 12.4. The van der Waals surface area contributed by atoms with Crippen molar-refractivity contribution in [2.45, 2.75) is 20.3 Å². The summed E-state index contributed by atoms with van der Waals surface area (Å²) in [6.45, 7) is 6.20. The molecule has 2 N–H and O–H groups in total. The molecular formula is C20H25N3O3. The smallest absolute Gasteiger partial charge is 0.411 e. The largest absolute Gasteiger partial charge is 0.453 e. The zero-order chi connectivity index (χ0) is 18.9. The molecule has 0 saturated heterocycles. The van der Waals surface area contributed by atoms with Crippen molar-refractivity contribution in [1.29, 1.82) is 0 Å². The molecule has 0 saturated carbocycles. The number of amides is 2. The third-order valence-electron chi connectivity index (χ3n) is 3.94. The standard InChI is InChI=1S/C20H25N3O3/c1-4-14-23(5-2)18-12-6-15(7-13-18)19(24)21-16-8-10-17(11-9-16)22-20(25)26-3/h6-13H,4-5,14H2,1-3H3,(H,21,24)(H,22,25). The first-order valence-electron chi connectivity index (χ1n) is 8.68. The summed E-state index contributed by atoms with van der Waals surface area (Å²) in [6.07, 6.45) is 0.544. The molecule has 0 spiro atoms. The number of hydrogen-bond donors (Lipinski definition) is 2. The molecule has 0 heterocycles. The first-order valence-corrected chi connectivity index (χ1v) is 8.68. The number of ether oxygens (including phenoxy) is 1. The molecule has 0 unspecified atom stereocenters. The van der Waals surface area contributed by atoms with E-state index in [1.807, 2.05) is 24.3 Å². The Morgan fingerprint density at radius 3 is 2.00 bits per heavy atom. The van der Waals surface area contributed by atoms with Crippen molar-refractivity contribution in [1.82, 2.24) is 0 Å². The van der Waals surface area contributed by atoms with Gasteiger partial charge in [0.15, 0.2) is 0 Å². The molecule has 2 aromatic rings.